The van der Waals surface area contributed by atoms with Gasteiger partial charge in [-0.25, -0.2) is 27.6 Å². The Hall–Kier alpha value is -4.13. The summed E-state index contributed by atoms with van der Waals surface area (Å²) in [6.07, 6.45) is 3.74. The molecule has 1 aliphatic heterocycles. The summed E-state index contributed by atoms with van der Waals surface area (Å²) in [5, 5.41) is 2.35. The molecule has 1 aromatic carbocycles. The third kappa shape index (κ3) is 6.05. The number of carbonyl (C=O) groups is 2. The van der Waals surface area contributed by atoms with Gasteiger partial charge in [0.05, 0.1) is 11.9 Å². The lowest BCUT2D eigenvalue weighted by Gasteiger charge is -2.25. The maximum absolute atomic E-state index is 13.8. The molecule has 3 heterocycles. The van der Waals surface area contributed by atoms with E-state index in [-0.39, 0.29) is 24.3 Å². The van der Waals surface area contributed by atoms with Crippen molar-refractivity contribution in [1.29, 1.82) is 0 Å². The Labute approximate surface area is 218 Å². The molecule has 13 heteroatoms. The number of benzene rings is 1. The highest BCUT2D eigenvalue weighted by molar-refractivity contribution is 7.91. The van der Waals surface area contributed by atoms with Gasteiger partial charge in [0.1, 0.15) is 23.5 Å². The van der Waals surface area contributed by atoms with Crippen LogP contribution in [0.1, 0.15) is 23.7 Å². The van der Waals surface area contributed by atoms with Gasteiger partial charge in [0.25, 0.3) is 0 Å². The molecule has 0 radical (unpaired) electrons. The fourth-order valence-corrected chi connectivity index (χ4v) is 5.25. The van der Waals surface area contributed by atoms with E-state index >= 15 is 0 Å². The molecule has 0 aliphatic carbocycles. The number of nitrogens with one attached hydrogen (secondary N) is 2. The summed E-state index contributed by atoms with van der Waals surface area (Å²) in [7, 11) is -2.90. The van der Waals surface area contributed by atoms with E-state index in [0.29, 0.717) is 30.2 Å². The second-order valence-corrected chi connectivity index (χ2v) is 10.3. The Morgan fingerprint density at radius 3 is 2.53 bits per heavy atom. The number of fused-ring (bicyclic) bond motifs is 1. The van der Waals surface area contributed by atoms with Crippen LogP contribution in [-0.4, -0.2) is 50.0 Å². The van der Waals surface area contributed by atoms with Crippen molar-refractivity contribution in [3.63, 3.8) is 0 Å². The molecular formula is C25H26F2N6O4S. The molecule has 10 nitrogen and oxygen atoms in total. The van der Waals surface area contributed by atoms with Gasteiger partial charge in [0, 0.05) is 38.0 Å². The van der Waals surface area contributed by atoms with Crippen LogP contribution in [0.5, 0.6) is 0 Å². The number of aryl methyl sites for hydroxylation is 1. The topological polar surface area (TPSA) is 125 Å². The van der Waals surface area contributed by atoms with Gasteiger partial charge in [0.2, 0.25) is 5.91 Å². The fraction of sp³-hybridized carbons (Fsp3) is 0.280. The quantitative estimate of drug-likeness (QED) is 0.449. The second kappa shape index (κ2) is 11.1. The highest BCUT2D eigenvalue weighted by Gasteiger charge is 2.33. The van der Waals surface area contributed by atoms with Crippen molar-refractivity contribution in [3.8, 4) is 0 Å². The smallest absolute Gasteiger partial charge is 0.325 e. The third-order valence-electron chi connectivity index (χ3n) is 6.05. The Morgan fingerprint density at radius 2 is 1.87 bits per heavy atom. The van der Waals surface area contributed by atoms with Gasteiger partial charge in [-0.05, 0) is 54.3 Å². The highest BCUT2D eigenvalue weighted by Crippen LogP contribution is 2.26. The molecule has 200 valence electrons. The molecule has 3 aromatic rings. The van der Waals surface area contributed by atoms with Gasteiger partial charge < -0.3 is 10.2 Å². The number of urea groups is 1. The molecule has 2 N–H and O–H groups in total. The lowest BCUT2D eigenvalue weighted by atomic mass is 10.0. The number of hydrogen-bond acceptors (Lipinski definition) is 6. The first kappa shape index (κ1) is 26.9. The summed E-state index contributed by atoms with van der Waals surface area (Å²) in [5.41, 5.74) is 2.03. The molecule has 1 atom stereocenters. The predicted octanol–water partition coefficient (Wildman–Crippen LogP) is 2.50. The Balaban J connectivity index is 1.55. The van der Waals surface area contributed by atoms with Gasteiger partial charge in [0.15, 0.2) is 0 Å². The van der Waals surface area contributed by atoms with E-state index in [1.165, 1.54) is 24.3 Å². The Bertz CT molecular complexity index is 1430. The summed E-state index contributed by atoms with van der Waals surface area (Å²) in [4.78, 5) is 35.8. The number of hydrogen-bond donors (Lipinski definition) is 2. The minimum Gasteiger partial charge on any atom is -0.325 e. The molecule has 1 unspecified atom stereocenters. The van der Waals surface area contributed by atoms with E-state index in [1.54, 1.807) is 24.3 Å². The molecule has 0 fully saturated rings. The van der Waals surface area contributed by atoms with Crippen LogP contribution in [-0.2, 0) is 34.3 Å². The third-order valence-corrected chi connectivity index (χ3v) is 7.43. The van der Waals surface area contributed by atoms with E-state index in [9.17, 15) is 26.8 Å². The number of carbonyl (C=O) groups excluding carboxylic acids is 2. The first-order valence-electron chi connectivity index (χ1n) is 11.8. The standard InChI is InChI=1S/C25H26F2N6O4S/c1-3-20-6-7-21(15-29-20)32(2)24(34)22(13-16-11-18(26)14-19(27)12-16)30-25(35)31-38(36,37)33-10-8-17-5-4-9-28-23(17)33/h4-7,9,11-12,14-15,22H,3,8,10,13H2,1-2H3,(H2,30,31,35). The number of pyridine rings is 2. The minimum atomic E-state index is -4.36. The van der Waals surface area contributed by atoms with Crippen LogP contribution in [0.15, 0.2) is 54.9 Å². The summed E-state index contributed by atoms with van der Waals surface area (Å²) in [6, 6.07) is 7.03. The van der Waals surface area contributed by atoms with Crippen molar-refractivity contribution < 1.29 is 26.8 Å². The Kier molecular flexibility index (Phi) is 7.86. The lowest BCUT2D eigenvalue weighted by molar-refractivity contribution is -0.120. The summed E-state index contributed by atoms with van der Waals surface area (Å²) in [6.45, 7) is 2.02. The fourth-order valence-electron chi connectivity index (χ4n) is 4.12. The molecule has 38 heavy (non-hydrogen) atoms. The van der Waals surface area contributed by atoms with Crippen LogP contribution in [0.2, 0.25) is 0 Å². The zero-order valence-electron chi connectivity index (χ0n) is 20.7. The minimum absolute atomic E-state index is 0.0867. The van der Waals surface area contributed by atoms with Crippen molar-refractivity contribution in [2.45, 2.75) is 32.2 Å². The average molecular weight is 545 g/mol. The normalized spacial score (nSPS) is 13.5. The summed E-state index contributed by atoms with van der Waals surface area (Å²) >= 11 is 0. The monoisotopic (exact) mass is 544 g/mol. The van der Waals surface area contributed by atoms with Gasteiger partial charge in [-0.2, -0.15) is 8.42 Å². The summed E-state index contributed by atoms with van der Waals surface area (Å²) in [5.74, 6) is -2.16. The van der Waals surface area contributed by atoms with Gasteiger partial charge >= 0.3 is 16.2 Å². The van der Waals surface area contributed by atoms with Crippen LogP contribution in [0.3, 0.4) is 0 Å². The maximum atomic E-state index is 13.8. The van der Waals surface area contributed by atoms with Gasteiger partial charge in [-0.15, -0.1) is 0 Å². The Morgan fingerprint density at radius 1 is 1.13 bits per heavy atom. The molecule has 3 amide bonds. The molecule has 4 rings (SSSR count). The first-order chi connectivity index (χ1) is 18.1. The maximum Gasteiger partial charge on any atom is 0.330 e. The van der Waals surface area contributed by atoms with Crippen LogP contribution in [0.4, 0.5) is 25.1 Å². The lowest BCUT2D eigenvalue weighted by Crippen LogP contribution is -2.54. The predicted molar refractivity (Wildman–Crippen MR) is 137 cm³/mol. The number of rotatable bonds is 8. The van der Waals surface area contributed by atoms with Crippen LogP contribution in [0.25, 0.3) is 0 Å². The molecule has 1 aliphatic rings. The number of aromatic nitrogens is 2. The number of amides is 3. The van der Waals surface area contributed by atoms with Crippen molar-refractivity contribution in [2.24, 2.45) is 0 Å². The van der Waals surface area contributed by atoms with E-state index in [1.807, 2.05) is 11.6 Å². The van der Waals surface area contributed by atoms with Crippen molar-refractivity contribution in [3.05, 3.63) is 83.3 Å². The van der Waals surface area contributed by atoms with Crippen molar-refractivity contribution in [2.75, 3.05) is 22.8 Å². The van der Waals surface area contributed by atoms with E-state index < -0.39 is 39.8 Å². The average Bonchev–Trinajstić information content (AvgIpc) is 3.32. The number of halogens is 2. The molecule has 0 spiro atoms. The molecule has 0 saturated heterocycles. The van der Waals surface area contributed by atoms with E-state index in [4.69, 9.17) is 0 Å². The van der Waals surface area contributed by atoms with E-state index in [0.717, 1.165) is 22.1 Å². The zero-order chi connectivity index (χ0) is 27.4. The zero-order valence-corrected chi connectivity index (χ0v) is 21.5. The molecule has 0 saturated carbocycles. The molecule has 0 bridgehead atoms. The SMILES string of the molecule is CCc1ccc(N(C)C(=O)C(Cc2cc(F)cc(F)c2)NC(=O)NS(=O)(=O)N2CCc3cccnc32)cn1. The van der Waals surface area contributed by atoms with Crippen LogP contribution in [0, 0.1) is 11.6 Å². The number of likely N-dealkylation sites (N-methyl/N-ethyl adjacent to an activating group) is 1. The van der Waals surface area contributed by atoms with E-state index in [2.05, 4.69) is 15.3 Å². The second-order valence-electron chi connectivity index (χ2n) is 8.68. The van der Waals surface area contributed by atoms with Gasteiger partial charge in [-0.3, -0.25) is 9.78 Å². The largest absolute Gasteiger partial charge is 0.330 e. The summed E-state index contributed by atoms with van der Waals surface area (Å²) < 4.78 is 56.4. The van der Waals surface area contributed by atoms with Crippen molar-refractivity contribution >= 4 is 33.7 Å². The highest BCUT2D eigenvalue weighted by atomic mass is 32.2. The molecular weight excluding hydrogens is 518 g/mol. The van der Waals surface area contributed by atoms with Crippen molar-refractivity contribution in [1.82, 2.24) is 20.0 Å². The van der Waals surface area contributed by atoms with Crippen LogP contribution >= 0.6 is 0 Å². The molecule has 2 aromatic heterocycles. The van der Waals surface area contributed by atoms with Gasteiger partial charge in [-0.1, -0.05) is 13.0 Å². The first-order valence-corrected chi connectivity index (χ1v) is 13.2. The number of nitrogens with zero attached hydrogens (tertiary/aromatic N) is 4. The van der Waals surface area contributed by atoms with Crippen LogP contribution < -0.4 is 19.2 Å². The number of anilines is 2.